The summed E-state index contributed by atoms with van der Waals surface area (Å²) in [7, 11) is 0. The van der Waals surface area contributed by atoms with Crippen molar-refractivity contribution >= 4 is 11.8 Å². The molecule has 3 rings (SSSR count). The highest BCUT2D eigenvalue weighted by Gasteiger charge is 2.26. The first-order valence-electron chi connectivity index (χ1n) is 9.04. The van der Waals surface area contributed by atoms with E-state index in [2.05, 4.69) is 25.0 Å². The molecule has 1 aromatic heterocycles. The fourth-order valence-corrected chi connectivity index (χ4v) is 4.50. The summed E-state index contributed by atoms with van der Waals surface area (Å²) in [5.41, 5.74) is 2.45. The summed E-state index contributed by atoms with van der Waals surface area (Å²) < 4.78 is 7.70. The van der Waals surface area contributed by atoms with E-state index in [1.54, 1.807) is 18.0 Å². The van der Waals surface area contributed by atoms with Crippen LogP contribution in [0.1, 0.15) is 51.3 Å². The Morgan fingerprint density at radius 1 is 1.38 bits per heavy atom. The lowest BCUT2D eigenvalue weighted by Gasteiger charge is -2.27. The Morgan fingerprint density at radius 2 is 2.23 bits per heavy atom. The standard InChI is InChI=1S/C20H25N3O2S/c1-20(2,10-12-24)26-17-7-5-6-15(14-21)19(17)16-9-11-22-23(16)18-8-3-4-13-25-18/h5-7,9,11,18,24H,3-4,8,10,12-13H2,1-2H3. The average molecular weight is 372 g/mol. The van der Waals surface area contributed by atoms with Gasteiger partial charge in [0, 0.05) is 34.6 Å². The van der Waals surface area contributed by atoms with E-state index in [-0.39, 0.29) is 17.6 Å². The van der Waals surface area contributed by atoms with Crippen LogP contribution in [0, 0.1) is 11.3 Å². The second-order valence-corrected chi connectivity index (χ2v) is 8.86. The van der Waals surface area contributed by atoms with Crippen molar-refractivity contribution in [1.29, 1.82) is 5.26 Å². The van der Waals surface area contributed by atoms with Crippen LogP contribution in [-0.2, 0) is 4.74 Å². The predicted molar refractivity (Wildman–Crippen MR) is 103 cm³/mol. The Balaban J connectivity index is 2.05. The summed E-state index contributed by atoms with van der Waals surface area (Å²) in [5.74, 6) is 0. The van der Waals surface area contributed by atoms with Gasteiger partial charge in [0.05, 0.1) is 17.3 Å². The number of thioether (sulfide) groups is 1. The van der Waals surface area contributed by atoms with Gasteiger partial charge in [0.2, 0.25) is 0 Å². The zero-order valence-corrected chi connectivity index (χ0v) is 16.1. The maximum atomic E-state index is 9.68. The number of hydrogen-bond donors (Lipinski definition) is 1. The quantitative estimate of drug-likeness (QED) is 0.763. The van der Waals surface area contributed by atoms with Gasteiger partial charge in [-0.1, -0.05) is 19.9 Å². The van der Waals surface area contributed by atoms with Crippen molar-refractivity contribution < 1.29 is 9.84 Å². The molecule has 2 aromatic rings. The third-order valence-corrected chi connectivity index (χ3v) is 5.92. The molecule has 138 valence electrons. The van der Waals surface area contributed by atoms with Gasteiger partial charge in [-0.25, -0.2) is 4.68 Å². The molecular weight excluding hydrogens is 346 g/mol. The predicted octanol–water partition coefficient (Wildman–Crippen LogP) is 4.37. The molecule has 1 saturated heterocycles. The number of aromatic nitrogens is 2. The van der Waals surface area contributed by atoms with Gasteiger partial charge < -0.3 is 9.84 Å². The Labute approximate surface area is 159 Å². The van der Waals surface area contributed by atoms with Gasteiger partial charge in [0.15, 0.2) is 6.23 Å². The third kappa shape index (κ3) is 4.12. The van der Waals surface area contributed by atoms with Crippen molar-refractivity contribution in [2.75, 3.05) is 13.2 Å². The first-order chi connectivity index (χ1) is 12.6. The van der Waals surface area contributed by atoms with E-state index < -0.39 is 0 Å². The molecule has 1 N–H and O–H groups in total. The van der Waals surface area contributed by atoms with Gasteiger partial charge in [0.1, 0.15) is 0 Å². The third-order valence-electron chi connectivity index (χ3n) is 4.60. The largest absolute Gasteiger partial charge is 0.396 e. The number of rotatable bonds is 6. The molecule has 6 heteroatoms. The Hall–Kier alpha value is -1.81. The molecule has 0 spiro atoms. The lowest BCUT2D eigenvalue weighted by Crippen LogP contribution is -2.20. The monoisotopic (exact) mass is 371 g/mol. The molecule has 2 heterocycles. The second kappa shape index (κ2) is 8.26. The SMILES string of the molecule is CC(C)(CCO)Sc1cccc(C#N)c1-c1ccnn1C1CCCCO1. The molecule has 1 aliphatic heterocycles. The van der Waals surface area contributed by atoms with Gasteiger partial charge in [0.25, 0.3) is 0 Å². The van der Waals surface area contributed by atoms with E-state index in [9.17, 15) is 10.4 Å². The lowest BCUT2D eigenvalue weighted by molar-refractivity contribution is -0.0383. The van der Waals surface area contributed by atoms with E-state index >= 15 is 0 Å². The molecule has 0 saturated carbocycles. The first-order valence-corrected chi connectivity index (χ1v) is 9.86. The number of benzene rings is 1. The number of ether oxygens (including phenoxy) is 1. The summed E-state index contributed by atoms with van der Waals surface area (Å²) >= 11 is 1.69. The van der Waals surface area contributed by atoms with E-state index in [1.165, 1.54) is 0 Å². The number of aliphatic hydroxyl groups is 1. The summed E-state index contributed by atoms with van der Waals surface area (Å²) in [4.78, 5) is 1.03. The van der Waals surface area contributed by atoms with Crippen LogP contribution in [-0.4, -0.2) is 32.8 Å². The van der Waals surface area contributed by atoms with Crippen LogP contribution in [0.4, 0.5) is 0 Å². The smallest absolute Gasteiger partial charge is 0.150 e. The van der Waals surface area contributed by atoms with Crippen molar-refractivity contribution in [2.24, 2.45) is 0 Å². The minimum absolute atomic E-state index is 0.0798. The molecule has 1 aromatic carbocycles. The summed E-state index contributed by atoms with van der Waals surface area (Å²) in [5, 5.41) is 23.5. The lowest BCUT2D eigenvalue weighted by atomic mass is 10.0. The highest BCUT2D eigenvalue weighted by Crippen LogP contribution is 2.42. The minimum Gasteiger partial charge on any atom is -0.396 e. The Kier molecular flexibility index (Phi) is 6.02. The summed E-state index contributed by atoms with van der Waals surface area (Å²) in [6, 6.07) is 10.1. The van der Waals surface area contributed by atoms with Crippen LogP contribution in [0.2, 0.25) is 0 Å². The van der Waals surface area contributed by atoms with Gasteiger partial charge in [-0.3, -0.25) is 0 Å². The molecular formula is C20H25N3O2S. The van der Waals surface area contributed by atoms with E-state index in [4.69, 9.17) is 4.74 Å². The molecule has 5 nitrogen and oxygen atoms in total. The van der Waals surface area contributed by atoms with Crippen LogP contribution in [0.15, 0.2) is 35.4 Å². The van der Waals surface area contributed by atoms with Crippen LogP contribution in [0.3, 0.4) is 0 Å². The fourth-order valence-electron chi connectivity index (χ4n) is 3.25. The van der Waals surface area contributed by atoms with Crippen LogP contribution in [0.5, 0.6) is 0 Å². The number of aliphatic hydroxyl groups excluding tert-OH is 1. The van der Waals surface area contributed by atoms with Crippen LogP contribution < -0.4 is 0 Å². The molecule has 1 fully saturated rings. The fraction of sp³-hybridized carbons (Fsp3) is 0.500. The molecule has 1 atom stereocenters. The Morgan fingerprint density at radius 3 is 2.92 bits per heavy atom. The zero-order chi connectivity index (χ0) is 18.6. The molecule has 0 bridgehead atoms. The number of nitriles is 1. The minimum atomic E-state index is -0.135. The van der Waals surface area contributed by atoms with E-state index in [0.29, 0.717) is 12.0 Å². The van der Waals surface area contributed by atoms with Crippen LogP contribution >= 0.6 is 11.8 Å². The van der Waals surface area contributed by atoms with Gasteiger partial charge in [-0.2, -0.15) is 10.4 Å². The molecule has 0 aliphatic carbocycles. The van der Waals surface area contributed by atoms with Gasteiger partial charge >= 0.3 is 0 Å². The van der Waals surface area contributed by atoms with E-state index in [1.807, 2.05) is 28.9 Å². The average Bonchev–Trinajstić information content (AvgIpc) is 3.11. The number of hydrogen-bond acceptors (Lipinski definition) is 5. The maximum absolute atomic E-state index is 9.68. The second-order valence-electron chi connectivity index (χ2n) is 7.11. The van der Waals surface area contributed by atoms with Gasteiger partial charge in [-0.15, -0.1) is 11.8 Å². The van der Waals surface area contributed by atoms with Crippen molar-refractivity contribution in [1.82, 2.24) is 9.78 Å². The highest BCUT2D eigenvalue weighted by atomic mass is 32.2. The highest BCUT2D eigenvalue weighted by molar-refractivity contribution is 8.00. The molecule has 26 heavy (non-hydrogen) atoms. The van der Waals surface area contributed by atoms with Crippen LogP contribution in [0.25, 0.3) is 11.3 Å². The normalized spacial score (nSPS) is 17.8. The van der Waals surface area contributed by atoms with Crippen molar-refractivity contribution in [3.63, 3.8) is 0 Å². The van der Waals surface area contributed by atoms with Gasteiger partial charge in [-0.05, 0) is 43.9 Å². The topological polar surface area (TPSA) is 71.1 Å². The molecule has 1 aliphatic rings. The van der Waals surface area contributed by atoms with Crippen molar-refractivity contribution in [3.05, 3.63) is 36.0 Å². The number of nitrogens with zero attached hydrogens (tertiary/aromatic N) is 3. The Bertz CT molecular complexity index is 789. The zero-order valence-electron chi connectivity index (χ0n) is 15.3. The first kappa shape index (κ1) is 19.0. The molecule has 0 radical (unpaired) electrons. The molecule has 0 amide bonds. The summed E-state index contributed by atoms with van der Waals surface area (Å²) in [6.45, 7) is 5.10. The van der Waals surface area contributed by atoms with Crippen molar-refractivity contribution in [3.8, 4) is 17.3 Å². The maximum Gasteiger partial charge on any atom is 0.150 e. The van der Waals surface area contributed by atoms with E-state index in [0.717, 1.165) is 42.0 Å². The van der Waals surface area contributed by atoms with Crippen molar-refractivity contribution in [2.45, 2.75) is 55.4 Å². The molecule has 1 unspecified atom stereocenters. The summed E-state index contributed by atoms with van der Waals surface area (Å²) in [6.07, 6.45) is 5.51.